The van der Waals surface area contributed by atoms with Crippen molar-refractivity contribution in [3.8, 4) is 5.75 Å². The van der Waals surface area contributed by atoms with Crippen LogP contribution in [0.15, 0.2) is 33.5 Å². The van der Waals surface area contributed by atoms with Gasteiger partial charge in [-0.3, -0.25) is 14.5 Å². The molecule has 1 saturated carbocycles. The minimum atomic E-state index is -4.24. The Labute approximate surface area is 303 Å². The van der Waals surface area contributed by atoms with Crippen LogP contribution >= 0.6 is 0 Å². The number of rotatable bonds is 10. The Balaban J connectivity index is 1.28. The van der Waals surface area contributed by atoms with Gasteiger partial charge in [0.1, 0.15) is 5.58 Å². The number of halogens is 1. The minimum absolute atomic E-state index is 0.0926. The second-order valence-electron chi connectivity index (χ2n) is 14.3. The quantitative estimate of drug-likeness (QED) is 0.305. The van der Waals surface area contributed by atoms with Gasteiger partial charge < -0.3 is 23.7 Å². The predicted octanol–water partition coefficient (Wildman–Crippen LogP) is 3.84. The van der Waals surface area contributed by atoms with Gasteiger partial charge >= 0.3 is 15.8 Å². The van der Waals surface area contributed by atoms with Crippen LogP contribution in [0.25, 0.3) is 11.0 Å². The number of amides is 2. The van der Waals surface area contributed by atoms with Gasteiger partial charge in [0, 0.05) is 63.0 Å². The van der Waals surface area contributed by atoms with E-state index in [0.29, 0.717) is 37.0 Å². The Hall–Kier alpha value is -4.05. The van der Waals surface area contributed by atoms with Gasteiger partial charge in [0.25, 0.3) is 11.8 Å². The van der Waals surface area contributed by atoms with E-state index >= 15 is 4.39 Å². The summed E-state index contributed by atoms with van der Waals surface area (Å²) >= 11 is 0. The van der Waals surface area contributed by atoms with E-state index in [-0.39, 0.29) is 30.3 Å². The van der Waals surface area contributed by atoms with Crippen molar-refractivity contribution >= 4 is 38.7 Å². The molecule has 2 amide bonds. The molecular weight excluding hydrogens is 693 g/mol. The van der Waals surface area contributed by atoms with Crippen LogP contribution in [0.5, 0.6) is 5.75 Å². The smallest absolute Gasteiger partial charge is 0.341 e. The molecule has 1 atom stereocenters. The van der Waals surface area contributed by atoms with Crippen LogP contribution in [0.2, 0.25) is 0 Å². The average Bonchev–Trinajstić information content (AvgIpc) is 3.63. The fourth-order valence-corrected chi connectivity index (χ4v) is 8.43. The third-order valence-electron chi connectivity index (χ3n) is 10.7. The summed E-state index contributed by atoms with van der Waals surface area (Å²) in [5.74, 6) is -3.29. The third kappa shape index (κ3) is 7.28. The van der Waals surface area contributed by atoms with Gasteiger partial charge in [-0.1, -0.05) is 0 Å². The summed E-state index contributed by atoms with van der Waals surface area (Å²) in [5, 5.41) is 0.803. The zero-order valence-electron chi connectivity index (χ0n) is 30.7. The molecule has 13 nitrogen and oxygen atoms in total. The molecule has 1 N–H and O–H groups in total. The van der Waals surface area contributed by atoms with Gasteiger partial charge in [-0.15, -0.1) is 0 Å². The summed E-state index contributed by atoms with van der Waals surface area (Å²) in [6, 6.07) is 6.17. The first-order chi connectivity index (χ1) is 24.7. The van der Waals surface area contributed by atoms with Gasteiger partial charge in [-0.05, 0) is 89.8 Å². The molecular formula is C37H48FN5O8S. The fourth-order valence-electron chi connectivity index (χ4n) is 7.39. The molecule has 3 heterocycles. The minimum Gasteiger partial charge on any atom is -0.486 e. The summed E-state index contributed by atoms with van der Waals surface area (Å²) in [7, 11) is 0.865. The predicted molar refractivity (Wildman–Crippen MR) is 195 cm³/mol. The second-order valence-corrected chi connectivity index (χ2v) is 16.1. The highest BCUT2D eigenvalue weighted by atomic mass is 32.2. The molecule has 2 aliphatic heterocycles. The van der Waals surface area contributed by atoms with E-state index in [1.54, 1.807) is 21.0 Å². The highest BCUT2D eigenvalue weighted by molar-refractivity contribution is 7.87. The molecule has 3 aromatic rings. The van der Waals surface area contributed by atoms with E-state index in [1.807, 2.05) is 17.7 Å². The number of methoxy groups -OCH3 is 1. The standard InChI is InChI=1S/C37H48FN5O8S/c1-22(2)41(5)52(47,48)39-35(44)29-12-11-28(32(38)34(29)50-25-9-7-8-10-25)36(45)43-16-15-26-27-13-14-31(23(3)33(27)51-37(46)30(26)20-43)42-18-17-40(4)24(19-42)21-49-6/h11-14,22,24-25H,7-10,15-21H2,1-6H3,(H,39,44)/t24-/m1/s1. The number of benzene rings is 2. The van der Waals surface area contributed by atoms with E-state index in [0.717, 1.165) is 65.0 Å². The van der Waals surface area contributed by atoms with Gasteiger partial charge in [0.15, 0.2) is 11.6 Å². The monoisotopic (exact) mass is 741 g/mol. The molecule has 2 aromatic carbocycles. The maximum atomic E-state index is 16.4. The fraction of sp³-hybridized carbons (Fsp3) is 0.541. The lowest BCUT2D eigenvalue weighted by Crippen LogP contribution is -2.53. The Morgan fingerprint density at radius 2 is 1.79 bits per heavy atom. The van der Waals surface area contributed by atoms with Crippen LogP contribution in [0.4, 0.5) is 10.1 Å². The van der Waals surface area contributed by atoms with Crippen molar-refractivity contribution in [1.29, 1.82) is 0 Å². The highest BCUT2D eigenvalue weighted by Crippen LogP contribution is 2.35. The summed E-state index contributed by atoms with van der Waals surface area (Å²) in [6.07, 6.45) is 2.93. The van der Waals surface area contributed by atoms with Crippen molar-refractivity contribution < 1.29 is 36.3 Å². The molecule has 6 rings (SSSR count). The topological polar surface area (TPSA) is 142 Å². The second kappa shape index (κ2) is 15.1. The van der Waals surface area contributed by atoms with E-state index < -0.39 is 51.4 Å². The lowest BCUT2D eigenvalue weighted by atomic mass is 9.95. The molecule has 0 bridgehead atoms. The van der Waals surface area contributed by atoms with Gasteiger partial charge in [0.2, 0.25) is 0 Å². The van der Waals surface area contributed by atoms with E-state index in [4.69, 9.17) is 13.9 Å². The van der Waals surface area contributed by atoms with Crippen molar-refractivity contribution in [3.05, 3.63) is 68.3 Å². The molecule has 2 fully saturated rings. The zero-order valence-corrected chi connectivity index (χ0v) is 31.5. The zero-order chi connectivity index (χ0) is 37.5. The van der Waals surface area contributed by atoms with Crippen LogP contribution in [-0.2, 0) is 27.9 Å². The molecule has 52 heavy (non-hydrogen) atoms. The number of hydrogen-bond donors (Lipinski definition) is 1. The summed E-state index contributed by atoms with van der Waals surface area (Å²) in [4.78, 5) is 46.6. The summed E-state index contributed by atoms with van der Waals surface area (Å²) < 4.78 is 62.3. The Kier molecular flexibility index (Phi) is 11.0. The van der Waals surface area contributed by atoms with Crippen LogP contribution in [0, 0.1) is 12.7 Å². The highest BCUT2D eigenvalue weighted by Gasteiger charge is 2.34. The molecule has 15 heteroatoms. The molecule has 0 unspecified atom stereocenters. The molecule has 3 aliphatic rings. The SMILES string of the molecule is COC[C@H]1CN(c2ccc3c4c(c(=O)oc3c2C)CN(C(=O)c2ccc(C(=O)NS(=O)(=O)N(C)C(C)C)c(OC3CCCC3)c2F)CC4)CCN1C. The van der Waals surface area contributed by atoms with Crippen molar-refractivity contribution in [3.63, 3.8) is 0 Å². The van der Waals surface area contributed by atoms with E-state index in [9.17, 15) is 22.8 Å². The number of likely N-dealkylation sites (N-methyl/N-ethyl adjacent to an activating group) is 1. The summed E-state index contributed by atoms with van der Waals surface area (Å²) in [5.41, 5.74) is 2.26. The molecule has 282 valence electrons. The largest absolute Gasteiger partial charge is 0.486 e. The van der Waals surface area contributed by atoms with Crippen molar-refractivity contribution in [2.75, 3.05) is 58.9 Å². The number of fused-ring (bicyclic) bond motifs is 3. The van der Waals surface area contributed by atoms with Gasteiger partial charge in [-0.25, -0.2) is 13.9 Å². The van der Waals surface area contributed by atoms with E-state index in [2.05, 4.69) is 22.9 Å². The van der Waals surface area contributed by atoms with Gasteiger partial charge in [0.05, 0.1) is 42.0 Å². The third-order valence-corrected chi connectivity index (χ3v) is 12.4. The van der Waals surface area contributed by atoms with Crippen molar-refractivity contribution in [2.24, 2.45) is 0 Å². The number of nitrogens with one attached hydrogen (secondary N) is 1. The number of hydrogen-bond acceptors (Lipinski definition) is 10. The number of carbonyl (C=O) groups is 2. The lowest BCUT2D eigenvalue weighted by Gasteiger charge is -2.41. The molecule has 1 aliphatic carbocycles. The first-order valence-electron chi connectivity index (χ1n) is 17.8. The summed E-state index contributed by atoms with van der Waals surface area (Å²) in [6.45, 7) is 8.43. The Morgan fingerprint density at radius 1 is 1.08 bits per heavy atom. The lowest BCUT2D eigenvalue weighted by molar-refractivity contribution is 0.0725. The van der Waals surface area contributed by atoms with E-state index in [1.165, 1.54) is 18.0 Å². The molecule has 1 aromatic heterocycles. The average molecular weight is 742 g/mol. The number of carbonyl (C=O) groups excluding carboxylic acids is 2. The number of piperazine rings is 1. The van der Waals surface area contributed by atoms with Crippen molar-refractivity contribution in [1.82, 2.24) is 18.8 Å². The normalized spacial score (nSPS) is 18.8. The van der Waals surface area contributed by atoms with Crippen molar-refractivity contribution in [2.45, 2.75) is 77.6 Å². The van der Waals surface area contributed by atoms with Crippen LogP contribution in [-0.4, -0.2) is 107 Å². The number of aryl methyl sites for hydroxylation is 1. The molecule has 0 spiro atoms. The molecule has 1 saturated heterocycles. The first-order valence-corrected chi connectivity index (χ1v) is 19.3. The number of ether oxygens (including phenoxy) is 2. The van der Waals surface area contributed by atoms with Crippen LogP contribution in [0.1, 0.15) is 76.9 Å². The van der Waals surface area contributed by atoms with Crippen LogP contribution in [0.3, 0.4) is 0 Å². The Bertz CT molecular complexity index is 2030. The number of anilines is 1. The maximum absolute atomic E-state index is 16.4. The van der Waals surface area contributed by atoms with Crippen LogP contribution < -0.4 is 20.0 Å². The number of nitrogens with zero attached hydrogens (tertiary/aromatic N) is 4. The molecule has 0 radical (unpaired) electrons. The first kappa shape index (κ1) is 37.7. The Morgan fingerprint density at radius 3 is 2.48 bits per heavy atom. The van der Waals surface area contributed by atoms with Gasteiger partial charge in [-0.2, -0.15) is 12.7 Å². The maximum Gasteiger partial charge on any atom is 0.341 e.